The van der Waals surface area contributed by atoms with Crippen molar-refractivity contribution in [2.75, 3.05) is 0 Å². The lowest BCUT2D eigenvalue weighted by atomic mass is 10.2. The third-order valence-electron chi connectivity index (χ3n) is 1.95. The van der Waals surface area contributed by atoms with E-state index in [9.17, 15) is 8.42 Å². The Kier molecular flexibility index (Phi) is 4.68. The molecule has 0 fully saturated rings. The molecule has 0 saturated heterocycles. The molecule has 0 aliphatic rings. The molecule has 1 rings (SSSR count). The average Bonchev–Trinajstić information content (AvgIpc) is 1.96. The summed E-state index contributed by atoms with van der Waals surface area (Å²) in [5.74, 6) is 0. The summed E-state index contributed by atoms with van der Waals surface area (Å²) in [6.45, 7) is 0. The van der Waals surface area contributed by atoms with Crippen molar-refractivity contribution >= 4 is 55.2 Å². The summed E-state index contributed by atoms with van der Waals surface area (Å²) in [6, 6.07) is 4.34. The molecule has 1 N–H and O–H groups in total. The van der Waals surface area contributed by atoms with Crippen LogP contribution in [0.4, 0.5) is 0 Å². The van der Waals surface area contributed by atoms with E-state index in [-0.39, 0.29) is 0 Å². The number of halogens is 3. The van der Waals surface area contributed by atoms with E-state index in [1.165, 1.54) is 18.2 Å². The van der Waals surface area contributed by atoms with E-state index in [4.69, 9.17) is 39.4 Å². The normalized spacial score (nSPS) is 16.0. The molecule has 16 heavy (non-hydrogen) atoms. The minimum Gasteiger partial charge on any atom is -0.285 e. The Labute approximate surface area is 112 Å². The second kappa shape index (κ2) is 5.24. The van der Waals surface area contributed by atoms with Crippen molar-refractivity contribution in [3.63, 3.8) is 0 Å². The van der Waals surface area contributed by atoms with Gasteiger partial charge in [0.2, 0.25) is 0 Å². The zero-order chi connectivity index (χ0) is 12.5. The van der Waals surface area contributed by atoms with Crippen LogP contribution in [0.2, 0.25) is 10.0 Å². The van der Waals surface area contributed by atoms with Crippen molar-refractivity contribution in [2.45, 2.75) is 10.3 Å². The van der Waals surface area contributed by atoms with Crippen LogP contribution in [-0.4, -0.2) is 28.2 Å². The van der Waals surface area contributed by atoms with Gasteiger partial charge in [-0.3, -0.25) is 4.55 Å². The summed E-state index contributed by atoms with van der Waals surface area (Å²) in [7, 11) is -3.86. The van der Waals surface area contributed by atoms with Crippen LogP contribution in [0, 0.1) is 0 Å². The van der Waals surface area contributed by atoms with Gasteiger partial charge in [-0.2, -0.15) is 8.42 Å². The molecular formula is C8H9Cl3O3SSi. The molecular weight excluding hydrogens is 311 g/mol. The monoisotopic (exact) mass is 318 g/mol. The van der Waals surface area contributed by atoms with Crippen LogP contribution >= 0.6 is 34.8 Å². The molecule has 2 unspecified atom stereocenters. The van der Waals surface area contributed by atoms with Gasteiger partial charge in [-0.25, -0.2) is 0 Å². The van der Waals surface area contributed by atoms with Crippen LogP contribution in [0.15, 0.2) is 18.2 Å². The largest absolute Gasteiger partial charge is 0.285 e. The van der Waals surface area contributed by atoms with Gasteiger partial charge in [0.05, 0.1) is 0 Å². The minimum absolute atomic E-state index is 0.301. The fourth-order valence-electron chi connectivity index (χ4n) is 1.41. The molecule has 0 spiro atoms. The zero-order valence-corrected chi connectivity index (χ0v) is 13.3. The van der Waals surface area contributed by atoms with Crippen molar-refractivity contribution in [3.05, 3.63) is 33.8 Å². The molecule has 8 heteroatoms. The van der Waals surface area contributed by atoms with Crippen molar-refractivity contribution in [2.24, 2.45) is 0 Å². The molecule has 0 bridgehead atoms. The van der Waals surface area contributed by atoms with Crippen LogP contribution in [0.25, 0.3) is 0 Å². The molecule has 0 aromatic heterocycles. The Morgan fingerprint density at radius 2 is 1.62 bits per heavy atom. The van der Waals surface area contributed by atoms with Crippen molar-refractivity contribution < 1.29 is 13.0 Å². The lowest BCUT2D eigenvalue weighted by Gasteiger charge is -2.17. The molecule has 2 atom stereocenters. The van der Waals surface area contributed by atoms with Crippen LogP contribution in [0.3, 0.4) is 0 Å². The lowest BCUT2D eigenvalue weighted by Crippen LogP contribution is -2.22. The van der Waals surface area contributed by atoms with Gasteiger partial charge < -0.3 is 0 Å². The molecule has 0 saturated carbocycles. The Morgan fingerprint density at radius 3 is 1.94 bits per heavy atom. The predicted molar refractivity (Wildman–Crippen MR) is 70.3 cm³/mol. The van der Waals surface area contributed by atoms with E-state index in [0.717, 1.165) is 0 Å². The van der Waals surface area contributed by atoms with E-state index in [1.807, 2.05) is 0 Å². The van der Waals surface area contributed by atoms with Crippen LogP contribution in [0.1, 0.15) is 10.8 Å². The number of hydrogen-bond donors (Lipinski definition) is 1. The highest BCUT2D eigenvalue weighted by atomic mass is 35.5. The van der Waals surface area contributed by atoms with Crippen LogP contribution in [0.5, 0.6) is 0 Å². The molecule has 3 nitrogen and oxygen atoms in total. The lowest BCUT2D eigenvalue weighted by molar-refractivity contribution is 0.471. The average molecular weight is 320 g/mol. The maximum Gasteiger partial charge on any atom is 0.273 e. The molecule has 0 radical (unpaired) electrons. The van der Waals surface area contributed by atoms with Gasteiger partial charge in [-0.05, 0) is 23.8 Å². The highest BCUT2D eigenvalue weighted by Crippen LogP contribution is 2.31. The highest BCUT2D eigenvalue weighted by Gasteiger charge is 2.30. The second-order valence-corrected chi connectivity index (χ2v) is 8.39. The van der Waals surface area contributed by atoms with Crippen molar-refractivity contribution in [1.82, 2.24) is 0 Å². The number of benzene rings is 1. The first-order chi connectivity index (χ1) is 7.21. The van der Waals surface area contributed by atoms with Crippen molar-refractivity contribution in [3.8, 4) is 0 Å². The molecule has 1 aromatic carbocycles. The first-order valence-corrected chi connectivity index (χ1v) is 8.13. The van der Waals surface area contributed by atoms with Gasteiger partial charge >= 0.3 is 0 Å². The van der Waals surface area contributed by atoms with Gasteiger partial charge in [0.25, 0.3) is 10.1 Å². The standard InChI is InChI=1S/C8H9Cl3O3SSi/c9-5-1-4(2-6(10)3-5)7(8(11)16)15(12,13)14/h1-3,7-8H,16H3,(H,12,13,14). The molecule has 0 aliphatic carbocycles. The van der Waals surface area contributed by atoms with E-state index in [1.54, 1.807) is 0 Å². The summed E-state index contributed by atoms with van der Waals surface area (Å²) in [6.07, 6.45) is 0. The maximum absolute atomic E-state index is 11.2. The first kappa shape index (κ1) is 14.3. The summed E-state index contributed by atoms with van der Waals surface area (Å²) in [5.41, 5.74) is 0.301. The summed E-state index contributed by atoms with van der Waals surface area (Å²) >= 11 is 17.3. The summed E-state index contributed by atoms with van der Waals surface area (Å²) < 4.78 is 31.5. The number of rotatable bonds is 3. The maximum atomic E-state index is 11.2. The predicted octanol–water partition coefficient (Wildman–Crippen LogP) is 1.85. The smallest absolute Gasteiger partial charge is 0.273 e. The Morgan fingerprint density at radius 1 is 1.19 bits per heavy atom. The van der Waals surface area contributed by atoms with E-state index in [2.05, 4.69) is 0 Å². The van der Waals surface area contributed by atoms with Crippen molar-refractivity contribution in [1.29, 1.82) is 0 Å². The Hall–Kier alpha value is 0.217. The minimum atomic E-state index is -4.27. The molecule has 90 valence electrons. The fourth-order valence-corrected chi connectivity index (χ4v) is 4.86. The summed E-state index contributed by atoms with van der Waals surface area (Å²) in [5, 5.41) is -1.24. The molecule has 0 heterocycles. The SMILES string of the molecule is O=S(=O)(O)C(c1cc(Cl)cc(Cl)c1)C([SiH3])Cl. The number of alkyl halides is 1. The van der Waals surface area contributed by atoms with Crippen LogP contribution < -0.4 is 0 Å². The van der Waals surface area contributed by atoms with Gasteiger partial charge in [-0.15, -0.1) is 11.6 Å². The van der Waals surface area contributed by atoms with Gasteiger partial charge in [0, 0.05) is 25.3 Å². The summed E-state index contributed by atoms with van der Waals surface area (Å²) in [4.78, 5) is 0. The topological polar surface area (TPSA) is 54.4 Å². The molecule has 1 aromatic rings. The third kappa shape index (κ3) is 3.61. The molecule has 0 aliphatic heterocycles. The van der Waals surface area contributed by atoms with Gasteiger partial charge in [-0.1, -0.05) is 23.2 Å². The van der Waals surface area contributed by atoms with E-state index >= 15 is 0 Å². The van der Waals surface area contributed by atoms with Crippen LogP contribution in [-0.2, 0) is 10.1 Å². The molecule has 0 amide bonds. The number of hydrogen-bond acceptors (Lipinski definition) is 2. The quantitative estimate of drug-likeness (QED) is 0.525. The van der Waals surface area contributed by atoms with E-state index < -0.39 is 20.4 Å². The van der Waals surface area contributed by atoms with E-state index in [0.29, 0.717) is 25.9 Å². The zero-order valence-electron chi connectivity index (χ0n) is 8.19. The fraction of sp³-hybridized carbons (Fsp3) is 0.250. The second-order valence-electron chi connectivity index (χ2n) is 3.32. The Balaban J connectivity index is 3.33. The third-order valence-corrected chi connectivity index (χ3v) is 5.26. The van der Waals surface area contributed by atoms with Gasteiger partial charge in [0.1, 0.15) is 5.25 Å². The highest BCUT2D eigenvalue weighted by molar-refractivity contribution is 7.86. The Bertz CT molecular complexity index is 469. The van der Waals surface area contributed by atoms with Gasteiger partial charge in [0.15, 0.2) is 0 Å². The first-order valence-electron chi connectivity index (χ1n) is 4.28.